The summed E-state index contributed by atoms with van der Waals surface area (Å²) in [6, 6.07) is 0. The van der Waals surface area contributed by atoms with Crippen molar-refractivity contribution in [3.63, 3.8) is 0 Å². The lowest BCUT2D eigenvalue weighted by Crippen LogP contribution is -2.30. The minimum Gasteiger partial charge on any atom is -0.294 e. The van der Waals surface area contributed by atoms with Crippen LogP contribution in [0, 0.1) is 17.3 Å². The van der Waals surface area contributed by atoms with Crippen LogP contribution < -0.4 is 0 Å². The van der Waals surface area contributed by atoms with Crippen LogP contribution in [0.2, 0.25) is 0 Å². The highest BCUT2D eigenvalue weighted by Crippen LogP contribution is 2.51. The topological polar surface area (TPSA) is 17.1 Å². The van der Waals surface area contributed by atoms with E-state index in [1.54, 1.807) is 6.08 Å². The van der Waals surface area contributed by atoms with Crippen molar-refractivity contribution in [2.75, 3.05) is 0 Å². The van der Waals surface area contributed by atoms with E-state index in [0.717, 1.165) is 0 Å². The lowest BCUT2D eigenvalue weighted by atomic mass is 9.75. The Kier molecular flexibility index (Phi) is 1.26. The molecule has 0 heterocycles. The van der Waals surface area contributed by atoms with Crippen molar-refractivity contribution in [1.82, 2.24) is 0 Å². The van der Waals surface area contributed by atoms with Gasteiger partial charge in [-0.15, -0.1) is 0 Å². The maximum absolute atomic E-state index is 11.5. The number of fused-ring (bicyclic) bond motifs is 1. The van der Waals surface area contributed by atoms with Gasteiger partial charge in [-0.05, 0) is 30.8 Å². The minimum absolute atomic E-state index is 0.0278. The predicted octanol–water partition coefficient (Wildman–Crippen LogP) is 2.18. The molecule has 0 spiro atoms. The third-order valence-corrected chi connectivity index (χ3v) is 3.72. The van der Waals surface area contributed by atoms with Gasteiger partial charge in [-0.1, -0.05) is 19.9 Å². The average molecular weight is 150 g/mol. The van der Waals surface area contributed by atoms with Gasteiger partial charge in [0, 0.05) is 5.41 Å². The number of hydrogen-bond acceptors (Lipinski definition) is 1. The molecule has 60 valence electrons. The largest absolute Gasteiger partial charge is 0.294 e. The normalized spacial score (nSPS) is 48.4. The number of carbonyl (C=O) groups excluding carboxylic acids is 1. The Hall–Kier alpha value is -0.590. The highest BCUT2D eigenvalue weighted by atomic mass is 16.1. The van der Waals surface area contributed by atoms with E-state index in [4.69, 9.17) is 0 Å². The smallest absolute Gasteiger partial charge is 0.162 e. The summed E-state index contributed by atoms with van der Waals surface area (Å²) in [7, 11) is 0. The van der Waals surface area contributed by atoms with Crippen LogP contribution in [-0.2, 0) is 4.79 Å². The summed E-state index contributed by atoms with van der Waals surface area (Å²) in [6.07, 6.45) is 6.31. The quantitative estimate of drug-likeness (QED) is 0.517. The minimum atomic E-state index is -0.0278. The fraction of sp³-hybridized carbons (Fsp3) is 0.700. The van der Waals surface area contributed by atoms with E-state index in [1.807, 2.05) is 0 Å². The molecule has 0 saturated heterocycles. The van der Waals surface area contributed by atoms with Gasteiger partial charge in [0.05, 0.1) is 0 Å². The zero-order valence-electron chi connectivity index (χ0n) is 7.13. The molecule has 3 atom stereocenters. The molecule has 2 rings (SSSR count). The number of allylic oxidation sites excluding steroid dienone is 2. The standard InChI is InChI=1S/C10H14O/c1-7-3-4-8-5-6-9(11)10(7,8)2/h5-8H,3-4H2,1-2H3. The van der Waals surface area contributed by atoms with Crippen LogP contribution >= 0.6 is 0 Å². The molecule has 0 amide bonds. The van der Waals surface area contributed by atoms with Crippen LogP contribution in [0.4, 0.5) is 0 Å². The molecule has 0 N–H and O–H groups in total. The van der Waals surface area contributed by atoms with E-state index in [9.17, 15) is 4.79 Å². The molecule has 1 heteroatoms. The Balaban J connectivity index is 2.39. The van der Waals surface area contributed by atoms with E-state index in [2.05, 4.69) is 19.9 Å². The first-order chi connectivity index (χ1) is 5.15. The van der Waals surface area contributed by atoms with Crippen molar-refractivity contribution in [3.05, 3.63) is 12.2 Å². The van der Waals surface area contributed by atoms with Crippen LogP contribution in [-0.4, -0.2) is 5.78 Å². The van der Waals surface area contributed by atoms with Crippen LogP contribution in [0.5, 0.6) is 0 Å². The van der Waals surface area contributed by atoms with Gasteiger partial charge in [0.1, 0.15) is 0 Å². The summed E-state index contributed by atoms with van der Waals surface area (Å²) in [5, 5.41) is 0. The van der Waals surface area contributed by atoms with Crippen molar-refractivity contribution in [2.24, 2.45) is 17.3 Å². The van der Waals surface area contributed by atoms with Crippen molar-refractivity contribution < 1.29 is 4.79 Å². The number of ketones is 1. The summed E-state index contributed by atoms with van der Waals surface area (Å²) in [5.74, 6) is 1.48. The van der Waals surface area contributed by atoms with Crippen molar-refractivity contribution in [3.8, 4) is 0 Å². The number of hydrogen-bond donors (Lipinski definition) is 0. The molecule has 0 aliphatic heterocycles. The van der Waals surface area contributed by atoms with Crippen LogP contribution in [0.15, 0.2) is 12.2 Å². The molecule has 3 unspecified atom stereocenters. The van der Waals surface area contributed by atoms with Crippen molar-refractivity contribution in [1.29, 1.82) is 0 Å². The number of carbonyl (C=O) groups is 1. The Labute approximate surface area is 67.5 Å². The van der Waals surface area contributed by atoms with Gasteiger partial charge in [0.2, 0.25) is 0 Å². The van der Waals surface area contributed by atoms with E-state index < -0.39 is 0 Å². The summed E-state index contributed by atoms with van der Waals surface area (Å²) < 4.78 is 0. The summed E-state index contributed by atoms with van der Waals surface area (Å²) in [6.45, 7) is 4.32. The van der Waals surface area contributed by atoms with Gasteiger partial charge in [-0.25, -0.2) is 0 Å². The Morgan fingerprint density at radius 2 is 2.27 bits per heavy atom. The molecule has 2 aliphatic rings. The summed E-state index contributed by atoms with van der Waals surface area (Å²) in [5.41, 5.74) is -0.0278. The van der Waals surface area contributed by atoms with Crippen LogP contribution in [0.1, 0.15) is 26.7 Å². The zero-order chi connectivity index (χ0) is 8.06. The second-order valence-electron chi connectivity index (χ2n) is 4.09. The molecule has 0 aromatic rings. The third kappa shape index (κ3) is 0.688. The Morgan fingerprint density at radius 3 is 2.91 bits per heavy atom. The van der Waals surface area contributed by atoms with Gasteiger partial charge in [0.25, 0.3) is 0 Å². The van der Waals surface area contributed by atoms with E-state index >= 15 is 0 Å². The van der Waals surface area contributed by atoms with Crippen LogP contribution in [0.25, 0.3) is 0 Å². The second kappa shape index (κ2) is 1.96. The second-order valence-corrected chi connectivity index (χ2v) is 4.09. The van der Waals surface area contributed by atoms with E-state index in [-0.39, 0.29) is 5.41 Å². The van der Waals surface area contributed by atoms with Gasteiger partial charge >= 0.3 is 0 Å². The molecule has 1 saturated carbocycles. The maximum Gasteiger partial charge on any atom is 0.162 e. The molecule has 0 radical (unpaired) electrons. The molecule has 2 aliphatic carbocycles. The van der Waals surface area contributed by atoms with Gasteiger partial charge < -0.3 is 0 Å². The highest BCUT2D eigenvalue weighted by Gasteiger charge is 2.50. The molecule has 1 fully saturated rings. The van der Waals surface area contributed by atoms with E-state index in [0.29, 0.717) is 17.6 Å². The highest BCUT2D eigenvalue weighted by molar-refractivity contribution is 5.98. The molecular formula is C10H14O. The molecule has 0 aromatic heterocycles. The Bertz CT molecular complexity index is 229. The van der Waals surface area contributed by atoms with Gasteiger partial charge in [-0.2, -0.15) is 0 Å². The van der Waals surface area contributed by atoms with Crippen molar-refractivity contribution >= 4 is 5.78 Å². The fourth-order valence-corrected chi connectivity index (χ4v) is 2.50. The maximum atomic E-state index is 11.5. The third-order valence-electron chi connectivity index (χ3n) is 3.72. The van der Waals surface area contributed by atoms with E-state index in [1.165, 1.54) is 12.8 Å². The molecular weight excluding hydrogens is 136 g/mol. The Morgan fingerprint density at radius 1 is 1.55 bits per heavy atom. The molecule has 11 heavy (non-hydrogen) atoms. The first kappa shape index (κ1) is 7.08. The van der Waals surface area contributed by atoms with Gasteiger partial charge in [0.15, 0.2) is 5.78 Å². The molecule has 0 aromatic carbocycles. The first-order valence-corrected chi connectivity index (χ1v) is 4.38. The summed E-state index contributed by atoms with van der Waals surface area (Å²) >= 11 is 0. The van der Waals surface area contributed by atoms with Crippen LogP contribution in [0.3, 0.4) is 0 Å². The summed E-state index contributed by atoms with van der Waals surface area (Å²) in [4.78, 5) is 11.5. The monoisotopic (exact) mass is 150 g/mol. The lowest BCUT2D eigenvalue weighted by Gasteiger charge is -2.26. The predicted molar refractivity (Wildman–Crippen MR) is 44.1 cm³/mol. The van der Waals surface area contributed by atoms with Gasteiger partial charge in [-0.3, -0.25) is 4.79 Å². The molecule has 1 nitrogen and oxygen atoms in total. The number of rotatable bonds is 0. The lowest BCUT2D eigenvalue weighted by molar-refractivity contribution is -0.124. The zero-order valence-corrected chi connectivity index (χ0v) is 7.13. The van der Waals surface area contributed by atoms with Crippen molar-refractivity contribution in [2.45, 2.75) is 26.7 Å². The first-order valence-electron chi connectivity index (χ1n) is 4.38. The molecule has 0 bridgehead atoms. The average Bonchev–Trinajstić information content (AvgIpc) is 2.40. The fourth-order valence-electron chi connectivity index (χ4n) is 2.50. The SMILES string of the molecule is CC1CCC2C=CC(=O)C12C.